The van der Waals surface area contributed by atoms with E-state index in [0.717, 1.165) is 33.5 Å². The average molecular weight is 238 g/mol. The van der Waals surface area contributed by atoms with Gasteiger partial charge >= 0.3 is 0 Å². The summed E-state index contributed by atoms with van der Waals surface area (Å²) < 4.78 is 1.96. The van der Waals surface area contributed by atoms with Gasteiger partial charge in [-0.25, -0.2) is 4.98 Å². The van der Waals surface area contributed by atoms with Gasteiger partial charge in [-0.05, 0) is 36.2 Å². The molecule has 0 aliphatic carbocycles. The van der Waals surface area contributed by atoms with Crippen LogP contribution in [0, 0.1) is 6.92 Å². The van der Waals surface area contributed by atoms with Crippen molar-refractivity contribution in [2.24, 2.45) is 7.05 Å². The number of pyridine rings is 2. The molecule has 0 unspecified atom stereocenters. The van der Waals surface area contributed by atoms with E-state index in [4.69, 9.17) is 5.73 Å². The first-order valence-corrected chi connectivity index (χ1v) is 5.79. The standard InChI is InChI=1S/C14H14N4/c1-9-7-11(10-3-5-16-6-4-10)13-12(15)8-18(2)14(13)17-9/h3-8H,15H2,1-2H3. The summed E-state index contributed by atoms with van der Waals surface area (Å²) in [6.07, 6.45) is 5.48. The van der Waals surface area contributed by atoms with Gasteiger partial charge in [0.25, 0.3) is 0 Å². The molecule has 4 nitrogen and oxygen atoms in total. The maximum absolute atomic E-state index is 6.09. The lowest BCUT2D eigenvalue weighted by Gasteiger charge is -2.06. The summed E-state index contributed by atoms with van der Waals surface area (Å²) in [5, 5.41) is 1.01. The molecule has 0 aromatic carbocycles. The Bertz CT molecular complexity index is 713. The van der Waals surface area contributed by atoms with Crippen molar-refractivity contribution in [2.75, 3.05) is 5.73 Å². The smallest absolute Gasteiger partial charge is 0.142 e. The Balaban J connectivity index is 2.42. The Kier molecular flexibility index (Phi) is 2.30. The summed E-state index contributed by atoms with van der Waals surface area (Å²) in [5.41, 5.74) is 11.0. The molecule has 0 saturated heterocycles. The molecular weight excluding hydrogens is 224 g/mol. The van der Waals surface area contributed by atoms with E-state index >= 15 is 0 Å². The van der Waals surface area contributed by atoms with Crippen molar-refractivity contribution >= 4 is 16.7 Å². The number of fused-ring (bicyclic) bond motifs is 1. The van der Waals surface area contributed by atoms with Crippen LogP contribution >= 0.6 is 0 Å². The number of hydrogen-bond acceptors (Lipinski definition) is 3. The summed E-state index contributed by atoms with van der Waals surface area (Å²) in [5.74, 6) is 0. The molecule has 90 valence electrons. The van der Waals surface area contributed by atoms with Crippen LogP contribution < -0.4 is 5.73 Å². The maximum Gasteiger partial charge on any atom is 0.142 e. The first kappa shape index (κ1) is 10.8. The quantitative estimate of drug-likeness (QED) is 0.708. The molecule has 0 aliphatic rings. The molecule has 18 heavy (non-hydrogen) atoms. The Morgan fingerprint density at radius 3 is 2.67 bits per heavy atom. The zero-order chi connectivity index (χ0) is 12.7. The zero-order valence-electron chi connectivity index (χ0n) is 10.4. The van der Waals surface area contributed by atoms with E-state index in [1.54, 1.807) is 12.4 Å². The van der Waals surface area contributed by atoms with E-state index in [-0.39, 0.29) is 0 Å². The number of rotatable bonds is 1. The predicted octanol–water partition coefficient (Wildman–Crippen LogP) is 2.53. The molecule has 2 N–H and O–H groups in total. The molecule has 0 radical (unpaired) electrons. The molecule has 3 aromatic heterocycles. The van der Waals surface area contributed by atoms with Crippen molar-refractivity contribution in [3.05, 3.63) is 42.5 Å². The van der Waals surface area contributed by atoms with Crippen molar-refractivity contribution in [3.8, 4) is 11.1 Å². The monoisotopic (exact) mass is 238 g/mol. The molecule has 4 heteroatoms. The summed E-state index contributed by atoms with van der Waals surface area (Å²) in [7, 11) is 1.96. The van der Waals surface area contributed by atoms with Crippen LogP contribution in [0.3, 0.4) is 0 Å². The molecule has 3 heterocycles. The lowest BCUT2D eigenvalue weighted by Crippen LogP contribution is -1.92. The Hall–Kier alpha value is -2.36. The third kappa shape index (κ3) is 1.54. The lowest BCUT2D eigenvalue weighted by atomic mass is 10.0. The Morgan fingerprint density at radius 2 is 1.94 bits per heavy atom. The number of anilines is 1. The van der Waals surface area contributed by atoms with Crippen molar-refractivity contribution in [2.45, 2.75) is 6.92 Å². The summed E-state index contributed by atoms with van der Waals surface area (Å²) >= 11 is 0. The fourth-order valence-corrected chi connectivity index (χ4v) is 2.29. The van der Waals surface area contributed by atoms with Crippen molar-refractivity contribution < 1.29 is 0 Å². The molecule has 3 rings (SSSR count). The summed E-state index contributed by atoms with van der Waals surface area (Å²) in [6.45, 7) is 1.99. The molecule has 0 amide bonds. The van der Waals surface area contributed by atoms with Gasteiger partial charge in [-0.1, -0.05) is 0 Å². The summed E-state index contributed by atoms with van der Waals surface area (Å²) in [6, 6.07) is 6.04. The van der Waals surface area contributed by atoms with Crippen LogP contribution in [0.25, 0.3) is 22.2 Å². The van der Waals surface area contributed by atoms with E-state index in [9.17, 15) is 0 Å². The molecule has 0 spiro atoms. The molecule has 0 atom stereocenters. The molecule has 3 aromatic rings. The van der Waals surface area contributed by atoms with Crippen LogP contribution in [-0.2, 0) is 7.05 Å². The van der Waals surface area contributed by atoms with E-state index in [1.807, 2.05) is 36.9 Å². The van der Waals surface area contributed by atoms with Gasteiger partial charge in [-0.15, -0.1) is 0 Å². The Morgan fingerprint density at radius 1 is 1.22 bits per heavy atom. The van der Waals surface area contributed by atoms with Crippen LogP contribution in [0.5, 0.6) is 0 Å². The van der Waals surface area contributed by atoms with Gasteiger partial charge < -0.3 is 10.3 Å². The third-order valence-electron chi connectivity index (χ3n) is 3.08. The largest absolute Gasteiger partial charge is 0.397 e. The van der Waals surface area contributed by atoms with Gasteiger partial charge in [0, 0.05) is 36.7 Å². The van der Waals surface area contributed by atoms with Crippen LogP contribution in [0.1, 0.15) is 5.69 Å². The zero-order valence-corrected chi connectivity index (χ0v) is 10.4. The highest BCUT2D eigenvalue weighted by Gasteiger charge is 2.12. The van der Waals surface area contributed by atoms with Crippen LogP contribution in [0.4, 0.5) is 5.69 Å². The minimum absolute atomic E-state index is 0.756. The van der Waals surface area contributed by atoms with Crippen molar-refractivity contribution in [1.29, 1.82) is 0 Å². The molecule has 0 fully saturated rings. The molecule has 0 aliphatic heterocycles. The number of aryl methyl sites for hydroxylation is 2. The topological polar surface area (TPSA) is 56.7 Å². The third-order valence-corrected chi connectivity index (χ3v) is 3.08. The van der Waals surface area contributed by atoms with Gasteiger partial charge in [-0.3, -0.25) is 4.98 Å². The number of hydrogen-bond donors (Lipinski definition) is 1. The second-order valence-corrected chi connectivity index (χ2v) is 4.44. The fraction of sp³-hybridized carbons (Fsp3) is 0.143. The van der Waals surface area contributed by atoms with Gasteiger partial charge in [-0.2, -0.15) is 0 Å². The second-order valence-electron chi connectivity index (χ2n) is 4.44. The SMILES string of the molecule is Cc1cc(-c2ccncc2)c2c(N)cn(C)c2n1. The molecule has 0 saturated carbocycles. The number of nitrogens with two attached hydrogens (primary N) is 1. The Labute approximate surface area is 105 Å². The van der Waals surface area contributed by atoms with E-state index in [0.29, 0.717) is 0 Å². The minimum Gasteiger partial charge on any atom is -0.397 e. The van der Waals surface area contributed by atoms with Gasteiger partial charge in [0.15, 0.2) is 0 Å². The lowest BCUT2D eigenvalue weighted by molar-refractivity contribution is 0.944. The first-order chi connectivity index (χ1) is 8.66. The van der Waals surface area contributed by atoms with Crippen LogP contribution in [0.15, 0.2) is 36.8 Å². The highest BCUT2D eigenvalue weighted by Crippen LogP contribution is 2.32. The van der Waals surface area contributed by atoms with Crippen molar-refractivity contribution in [3.63, 3.8) is 0 Å². The van der Waals surface area contributed by atoms with Crippen LogP contribution in [-0.4, -0.2) is 14.5 Å². The van der Waals surface area contributed by atoms with E-state index in [1.165, 1.54) is 0 Å². The molecular formula is C14H14N4. The predicted molar refractivity (Wildman–Crippen MR) is 73.1 cm³/mol. The summed E-state index contributed by atoms with van der Waals surface area (Å²) in [4.78, 5) is 8.60. The van der Waals surface area contributed by atoms with Gasteiger partial charge in [0.05, 0.1) is 5.69 Å². The highest BCUT2D eigenvalue weighted by atomic mass is 15.0. The maximum atomic E-state index is 6.09. The number of aromatic nitrogens is 3. The minimum atomic E-state index is 0.756. The normalized spacial score (nSPS) is 11.0. The fourth-order valence-electron chi connectivity index (χ4n) is 2.29. The van der Waals surface area contributed by atoms with Gasteiger partial charge in [0.2, 0.25) is 0 Å². The van der Waals surface area contributed by atoms with Crippen LogP contribution in [0.2, 0.25) is 0 Å². The second kappa shape index (κ2) is 3.84. The number of nitrogen functional groups attached to an aromatic ring is 1. The molecule has 0 bridgehead atoms. The average Bonchev–Trinajstić information content (AvgIpc) is 2.65. The van der Waals surface area contributed by atoms with Gasteiger partial charge in [0.1, 0.15) is 5.65 Å². The van der Waals surface area contributed by atoms with Crippen molar-refractivity contribution in [1.82, 2.24) is 14.5 Å². The highest BCUT2D eigenvalue weighted by molar-refractivity contribution is 6.01. The van der Waals surface area contributed by atoms with E-state index in [2.05, 4.69) is 16.0 Å². The van der Waals surface area contributed by atoms with E-state index < -0.39 is 0 Å². The number of nitrogens with zero attached hydrogens (tertiary/aromatic N) is 3. The first-order valence-electron chi connectivity index (χ1n) is 5.79.